The van der Waals surface area contributed by atoms with Crippen LogP contribution >= 0.6 is 0 Å². The van der Waals surface area contributed by atoms with Gasteiger partial charge in [-0.1, -0.05) is 36.4 Å². The van der Waals surface area contributed by atoms with Crippen molar-refractivity contribution in [2.45, 2.75) is 50.8 Å². The molecule has 3 saturated heterocycles. The molecule has 0 aromatic heterocycles. The van der Waals surface area contributed by atoms with Crippen molar-refractivity contribution >= 4 is 23.0 Å². The number of carbonyl (C=O) groups is 1. The fourth-order valence-electron chi connectivity index (χ4n) is 5.47. The molecule has 3 heterocycles. The van der Waals surface area contributed by atoms with Crippen LogP contribution in [0.4, 0.5) is 17.1 Å². The van der Waals surface area contributed by atoms with Crippen molar-refractivity contribution in [2.75, 3.05) is 6.61 Å². The Morgan fingerprint density at radius 3 is 2.11 bits per heavy atom. The van der Waals surface area contributed by atoms with Crippen molar-refractivity contribution in [2.24, 2.45) is 0 Å². The largest absolute Gasteiger partial charge is 0.616 e. The van der Waals surface area contributed by atoms with Crippen molar-refractivity contribution in [3.05, 3.63) is 89.1 Å². The number of para-hydroxylation sites is 2. The Morgan fingerprint density at radius 2 is 1.50 bits per heavy atom. The molecule has 0 spiro atoms. The molecular formula is C28H27NO7. The van der Waals surface area contributed by atoms with E-state index in [1.807, 2.05) is 86.6 Å². The Kier molecular flexibility index (Phi) is 5.78. The monoisotopic (exact) mass is 489 g/mol. The number of fused-ring (bicyclic) bond motifs is 1. The Hall–Kier alpha value is -3.27. The van der Waals surface area contributed by atoms with E-state index in [0.717, 1.165) is 11.1 Å². The topological polar surface area (TPSA) is 86.3 Å². The van der Waals surface area contributed by atoms with E-state index in [4.69, 9.17) is 24.0 Å². The first-order chi connectivity index (χ1) is 17.4. The molecule has 186 valence electrons. The van der Waals surface area contributed by atoms with Crippen LogP contribution in [0.5, 0.6) is 5.75 Å². The number of benzene rings is 3. The molecule has 5 unspecified atom stereocenters. The lowest BCUT2D eigenvalue weighted by atomic mass is 9.93. The summed E-state index contributed by atoms with van der Waals surface area (Å²) in [5.74, 6) is 0.0432. The highest BCUT2D eigenvalue weighted by Gasteiger charge is 2.62. The maximum Gasteiger partial charge on any atom is 0.344 e. The van der Waals surface area contributed by atoms with Gasteiger partial charge in [-0.15, -0.1) is 0 Å². The minimum absolute atomic E-state index is 0.0756. The molecule has 5 atom stereocenters. The maximum absolute atomic E-state index is 14.5. The second-order valence-electron chi connectivity index (χ2n) is 9.50. The summed E-state index contributed by atoms with van der Waals surface area (Å²) >= 11 is 0. The molecule has 6 rings (SSSR count). The normalized spacial score (nSPS) is 26.2. The number of carbonyl (C=O) groups excluding carboxylic acids is 1. The van der Waals surface area contributed by atoms with Crippen LogP contribution < -0.4 is 9.38 Å². The number of rotatable bonds is 7. The predicted molar refractivity (Wildman–Crippen MR) is 132 cm³/mol. The average molecular weight is 490 g/mol. The van der Waals surface area contributed by atoms with Crippen LogP contribution in [0, 0.1) is 19.1 Å². The molecule has 8 heteroatoms. The second-order valence-corrected chi connectivity index (χ2v) is 9.50. The molecule has 0 radical (unpaired) electrons. The third-order valence-corrected chi connectivity index (χ3v) is 7.12. The van der Waals surface area contributed by atoms with Crippen molar-refractivity contribution in [3.63, 3.8) is 0 Å². The first kappa shape index (κ1) is 23.1. The average Bonchev–Trinajstić information content (AvgIpc) is 3.54. The van der Waals surface area contributed by atoms with Gasteiger partial charge in [-0.05, 0) is 25.0 Å². The van der Waals surface area contributed by atoms with Gasteiger partial charge in [-0.3, -0.25) is 4.65 Å². The number of nitrogens with zero attached hydrogens (tertiary/aromatic N) is 1. The Labute approximate surface area is 209 Å². The summed E-state index contributed by atoms with van der Waals surface area (Å²) in [6.07, 6.45) is -0.696. The standard InChI is InChI=1S/C28H27NO7/c1-17-13-21(29(31,19-9-5-3-6-10-19)20-11-7-4-8-12-20)14-18(2)25(17)32-16-24(30)34-26-22-15-23-27(33-22)28(26)36-35-23/h3-14,22-23,26-28H,15-16H2,1-2H3. The molecule has 3 aliphatic heterocycles. The number of ether oxygens (including phenoxy) is 3. The van der Waals surface area contributed by atoms with Gasteiger partial charge in [0, 0.05) is 42.8 Å². The number of esters is 1. The SMILES string of the molecule is Cc1cc([N+]([O-])(c2ccccc2)c2ccccc2)cc(C)c1OCC(=O)OC1C2CC3OOC1C3O2. The number of aryl methyl sites for hydroxylation is 2. The minimum Gasteiger partial charge on any atom is -0.616 e. The molecule has 8 nitrogen and oxygen atoms in total. The molecular weight excluding hydrogens is 462 g/mol. The third kappa shape index (κ3) is 3.78. The maximum atomic E-state index is 14.5. The quantitative estimate of drug-likeness (QED) is 0.201. The fourth-order valence-corrected chi connectivity index (χ4v) is 5.47. The molecule has 3 aliphatic rings. The molecule has 0 amide bonds. The van der Waals surface area contributed by atoms with E-state index >= 15 is 0 Å². The zero-order valence-corrected chi connectivity index (χ0v) is 20.0. The predicted octanol–water partition coefficient (Wildman–Crippen LogP) is 4.93. The van der Waals surface area contributed by atoms with Crippen molar-refractivity contribution in [1.29, 1.82) is 0 Å². The zero-order valence-electron chi connectivity index (χ0n) is 20.0. The Morgan fingerprint density at radius 1 is 0.889 bits per heavy atom. The van der Waals surface area contributed by atoms with Gasteiger partial charge in [0.15, 0.2) is 18.8 Å². The van der Waals surface area contributed by atoms with Gasteiger partial charge in [-0.25, -0.2) is 14.6 Å². The van der Waals surface area contributed by atoms with Gasteiger partial charge in [0.05, 0.1) is 0 Å². The number of hydrogen-bond acceptors (Lipinski definition) is 7. The smallest absolute Gasteiger partial charge is 0.344 e. The van der Waals surface area contributed by atoms with Crippen molar-refractivity contribution < 1.29 is 28.8 Å². The summed E-state index contributed by atoms with van der Waals surface area (Å²) in [6, 6.07) is 22.1. The highest BCUT2D eigenvalue weighted by atomic mass is 17.2. The highest BCUT2D eigenvalue weighted by Crippen LogP contribution is 2.46. The van der Waals surface area contributed by atoms with Gasteiger partial charge in [0.25, 0.3) is 0 Å². The van der Waals surface area contributed by atoms with Crippen LogP contribution in [0.15, 0.2) is 72.8 Å². The summed E-state index contributed by atoms with van der Waals surface area (Å²) < 4.78 is 16.5. The molecule has 0 N–H and O–H groups in total. The summed E-state index contributed by atoms with van der Waals surface area (Å²) in [6.45, 7) is 3.47. The van der Waals surface area contributed by atoms with Gasteiger partial charge in [0.1, 0.15) is 41.1 Å². The highest BCUT2D eigenvalue weighted by molar-refractivity contribution is 5.74. The van der Waals surface area contributed by atoms with Crippen LogP contribution in [0.2, 0.25) is 0 Å². The number of quaternary nitrogens is 1. The van der Waals surface area contributed by atoms with Crippen LogP contribution in [-0.2, 0) is 24.0 Å². The first-order valence-electron chi connectivity index (χ1n) is 12.1. The first-order valence-corrected chi connectivity index (χ1v) is 12.1. The van der Waals surface area contributed by atoms with Crippen LogP contribution in [0.3, 0.4) is 0 Å². The third-order valence-electron chi connectivity index (χ3n) is 7.12. The molecule has 0 aliphatic carbocycles. The fraction of sp³-hybridized carbons (Fsp3) is 0.321. The molecule has 36 heavy (non-hydrogen) atoms. The van der Waals surface area contributed by atoms with Gasteiger partial charge in [-0.2, -0.15) is 0 Å². The Bertz CT molecular complexity index is 1200. The van der Waals surface area contributed by atoms with E-state index < -0.39 is 16.7 Å². The van der Waals surface area contributed by atoms with Crippen LogP contribution in [0.1, 0.15) is 17.5 Å². The second kappa shape index (κ2) is 8.99. The lowest BCUT2D eigenvalue weighted by Gasteiger charge is -2.41. The van der Waals surface area contributed by atoms with E-state index in [-0.39, 0.29) is 31.0 Å². The summed E-state index contributed by atoms with van der Waals surface area (Å²) in [5.41, 5.74) is 3.23. The zero-order chi connectivity index (χ0) is 24.9. The molecule has 3 aromatic carbocycles. The van der Waals surface area contributed by atoms with Crippen molar-refractivity contribution in [3.8, 4) is 5.75 Å². The van der Waals surface area contributed by atoms with Gasteiger partial charge in [0.2, 0.25) is 0 Å². The van der Waals surface area contributed by atoms with Crippen molar-refractivity contribution in [1.82, 2.24) is 4.65 Å². The van der Waals surface area contributed by atoms with Crippen LogP contribution in [0.25, 0.3) is 0 Å². The Balaban J connectivity index is 1.22. The van der Waals surface area contributed by atoms with Gasteiger partial charge >= 0.3 is 5.97 Å². The van der Waals surface area contributed by atoms with E-state index in [2.05, 4.69) is 0 Å². The molecule has 3 aromatic rings. The number of hydrogen-bond donors (Lipinski definition) is 0. The summed E-state index contributed by atoms with van der Waals surface area (Å²) in [4.78, 5) is 23.1. The molecule has 2 bridgehead atoms. The lowest BCUT2D eigenvalue weighted by molar-refractivity contribution is -0.298. The van der Waals surface area contributed by atoms with E-state index in [9.17, 15) is 10.0 Å². The summed E-state index contributed by atoms with van der Waals surface area (Å²) in [7, 11) is 0. The van der Waals surface area contributed by atoms with Gasteiger partial charge < -0.3 is 19.4 Å². The molecule has 0 saturated carbocycles. The van der Waals surface area contributed by atoms with E-state index in [1.165, 1.54) is 0 Å². The minimum atomic E-state index is -0.750. The summed E-state index contributed by atoms with van der Waals surface area (Å²) in [5, 5.41) is 14.5. The lowest BCUT2D eigenvalue weighted by Crippen LogP contribution is -2.42. The van der Waals surface area contributed by atoms with E-state index in [0.29, 0.717) is 29.2 Å². The van der Waals surface area contributed by atoms with E-state index in [1.54, 1.807) is 0 Å². The van der Waals surface area contributed by atoms with Crippen LogP contribution in [-0.4, -0.2) is 43.1 Å². The molecule has 3 fully saturated rings.